The van der Waals surface area contributed by atoms with Crippen molar-refractivity contribution >= 4 is 35.1 Å². The molecule has 3 aliphatic carbocycles. The van der Waals surface area contributed by atoms with Gasteiger partial charge in [-0.15, -0.1) is 0 Å². The van der Waals surface area contributed by atoms with Crippen LogP contribution in [-0.4, -0.2) is 84.1 Å². The molecule has 14 heteroatoms. The Morgan fingerprint density at radius 3 is 2.72 bits per heavy atom. The van der Waals surface area contributed by atoms with E-state index >= 15 is 9.59 Å². The number of hydrogen-bond donors (Lipinski definition) is 6. The Morgan fingerprint density at radius 1 is 1.14 bits per heavy atom. The first-order valence-corrected chi connectivity index (χ1v) is 23.2. The molecule has 0 spiro atoms. The minimum Gasteiger partial charge on any atom is -0.463 e. The number of nitrogens with one attached hydrogen (secondary N) is 4. The van der Waals surface area contributed by atoms with Gasteiger partial charge in [0.2, 0.25) is 5.78 Å². The van der Waals surface area contributed by atoms with Crippen LogP contribution in [0, 0.1) is 17.3 Å². The highest BCUT2D eigenvalue weighted by atomic mass is 16.7. The number of carbonyl (C=O) groups is 3. The molecule has 65 heavy (non-hydrogen) atoms. The van der Waals surface area contributed by atoms with Crippen LogP contribution in [0.4, 0.5) is 11.6 Å². The SMILES string of the molecule is CCNC1C=C2C=CCCC2CC1COC(=O)C12OC1(CC=C(C)CC(NC(N)=NC)c1ccnc3c1CCC(NC)N3)C(=O)c1cccc(CC(C)(C)Cc3ccc(N)nc3)c1C2=O. The molecular formula is C51H65N9O5. The number of allylic oxidation sites excluding steroid dienone is 3. The van der Waals surface area contributed by atoms with Gasteiger partial charge in [0.05, 0.1) is 18.8 Å². The molecule has 2 aliphatic heterocycles. The molecule has 0 radical (unpaired) electrons. The van der Waals surface area contributed by atoms with Gasteiger partial charge in [0.15, 0.2) is 17.3 Å². The number of aliphatic imine (C=N–C) groups is 1. The predicted octanol–water partition coefficient (Wildman–Crippen LogP) is 6.10. The van der Waals surface area contributed by atoms with Crippen LogP contribution >= 0.6 is 0 Å². The second-order valence-corrected chi connectivity index (χ2v) is 19.3. The zero-order chi connectivity index (χ0) is 46.1. The van der Waals surface area contributed by atoms with Gasteiger partial charge < -0.3 is 42.2 Å². The summed E-state index contributed by atoms with van der Waals surface area (Å²) in [4.78, 5) is 58.4. The van der Waals surface area contributed by atoms with Crippen molar-refractivity contribution in [1.82, 2.24) is 25.9 Å². The number of ketones is 2. The first-order valence-electron chi connectivity index (χ1n) is 23.2. The Hall–Kier alpha value is -5.70. The largest absolute Gasteiger partial charge is 0.463 e. The molecule has 3 aromatic rings. The van der Waals surface area contributed by atoms with Crippen molar-refractivity contribution < 1.29 is 23.9 Å². The number of benzene rings is 1. The summed E-state index contributed by atoms with van der Waals surface area (Å²) in [7, 11) is 3.55. The normalized spacial score (nSPS) is 26.5. The number of ether oxygens (including phenoxy) is 2. The van der Waals surface area contributed by atoms with Gasteiger partial charge in [-0.1, -0.05) is 74.9 Å². The lowest BCUT2D eigenvalue weighted by atomic mass is 9.69. The van der Waals surface area contributed by atoms with E-state index in [0.717, 1.165) is 66.7 Å². The molecular weight excluding hydrogens is 819 g/mol. The van der Waals surface area contributed by atoms with Crippen LogP contribution in [-0.2, 0) is 33.5 Å². The number of anilines is 2. The summed E-state index contributed by atoms with van der Waals surface area (Å²) in [6.07, 6.45) is 18.4. The van der Waals surface area contributed by atoms with Crippen molar-refractivity contribution in [3.8, 4) is 0 Å². The highest BCUT2D eigenvalue weighted by Gasteiger charge is 2.85. The highest BCUT2D eigenvalue weighted by molar-refractivity contribution is 6.33. The maximum absolute atomic E-state index is 15.3. The Morgan fingerprint density at radius 2 is 1.97 bits per heavy atom. The van der Waals surface area contributed by atoms with Gasteiger partial charge >= 0.3 is 5.97 Å². The van der Waals surface area contributed by atoms with Gasteiger partial charge in [0.25, 0.3) is 5.60 Å². The van der Waals surface area contributed by atoms with E-state index in [1.54, 1.807) is 31.6 Å². The monoisotopic (exact) mass is 884 g/mol. The summed E-state index contributed by atoms with van der Waals surface area (Å²) in [5.74, 6) is 0.148. The van der Waals surface area contributed by atoms with E-state index in [1.807, 2.05) is 44.3 Å². The van der Waals surface area contributed by atoms with E-state index in [9.17, 15) is 4.79 Å². The van der Waals surface area contributed by atoms with Crippen LogP contribution < -0.4 is 32.7 Å². The van der Waals surface area contributed by atoms with Gasteiger partial charge in [0, 0.05) is 48.9 Å². The first kappa shape index (κ1) is 45.9. The molecule has 0 bridgehead atoms. The molecule has 7 unspecified atom stereocenters. The van der Waals surface area contributed by atoms with Crippen molar-refractivity contribution in [3.05, 3.63) is 118 Å². The van der Waals surface area contributed by atoms with Crippen molar-refractivity contribution in [2.75, 3.05) is 38.3 Å². The quantitative estimate of drug-likeness (QED) is 0.0240. The minimum atomic E-state index is -2.14. The van der Waals surface area contributed by atoms with Gasteiger partial charge in [-0.05, 0) is 123 Å². The fraction of sp³-hybridized carbons (Fsp3) is 0.490. The van der Waals surface area contributed by atoms with Crippen molar-refractivity contribution in [2.45, 2.75) is 115 Å². The smallest absolute Gasteiger partial charge is 0.350 e. The molecule has 7 atom stereocenters. The molecule has 14 nitrogen and oxygen atoms in total. The van der Waals surface area contributed by atoms with Crippen molar-refractivity contribution in [3.63, 3.8) is 0 Å². The fourth-order valence-electron chi connectivity index (χ4n) is 10.7. The number of nitrogens with zero attached hydrogens (tertiary/aromatic N) is 3. The highest BCUT2D eigenvalue weighted by Crippen LogP contribution is 2.59. The van der Waals surface area contributed by atoms with Crippen LogP contribution in [0.25, 0.3) is 0 Å². The first-order chi connectivity index (χ1) is 31.2. The summed E-state index contributed by atoms with van der Waals surface area (Å²) < 4.78 is 12.7. The number of guanidine groups is 1. The molecule has 1 saturated heterocycles. The van der Waals surface area contributed by atoms with Gasteiger partial charge in [-0.3, -0.25) is 14.6 Å². The van der Waals surface area contributed by atoms with Crippen molar-refractivity contribution in [2.24, 2.45) is 28.0 Å². The minimum absolute atomic E-state index is 0.00825. The number of hydrogen-bond acceptors (Lipinski definition) is 12. The lowest BCUT2D eigenvalue weighted by Gasteiger charge is -2.36. The molecule has 344 valence electrons. The zero-order valence-electron chi connectivity index (χ0n) is 38.6. The summed E-state index contributed by atoms with van der Waals surface area (Å²) in [5, 5.41) is 13.7. The molecule has 1 aromatic carbocycles. The fourth-order valence-corrected chi connectivity index (χ4v) is 10.7. The van der Waals surface area contributed by atoms with Crippen molar-refractivity contribution in [1.29, 1.82) is 0 Å². The Balaban J connectivity index is 1.11. The molecule has 2 aromatic heterocycles. The average Bonchev–Trinajstić information content (AvgIpc) is 4.01. The number of carbonyl (C=O) groups excluding carboxylic acids is 3. The Bertz CT molecular complexity index is 2440. The summed E-state index contributed by atoms with van der Waals surface area (Å²) >= 11 is 0. The van der Waals surface area contributed by atoms with E-state index in [1.165, 1.54) is 5.57 Å². The van der Waals surface area contributed by atoms with Gasteiger partial charge in [-0.25, -0.2) is 14.8 Å². The number of Topliss-reactive ketones (excluding diaryl/α,β-unsaturated/α-hetero) is 2. The van der Waals surface area contributed by atoms with Crippen LogP contribution in [0.15, 0.2) is 89.2 Å². The Kier molecular flexibility index (Phi) is 13.2. The van der Waals surface area contributed by atoms with E-state index in [4.69, 9.17) is 20.9 Å². The third-order valence-electron chi connectivity index (χ3n) is 14.1. The number of nitrogens with two attached hydrogens (primary N) is 2. The zero-order valence-corrected chi connectivity index (χ0v) is 38.6. The van der Waals surface area contributed by atoms with E-state index in [2.05, 4.69) is 75.2 Å². The molecule has 8 rings (SSSR count). The second-order valence-electron chi connectivity index (χ2n) is 19.3. The van der Waals surface area contributed by atoms with Crippen LogP contribution in [0.3, 0.4) is 0 Å². The van der Waals surface area contributed by atoms with E-state index in [0.29, 0.717) is 36.6 Å². The third-order valence-corrected chi connectivity index (χ3v) is 14.1. The molecule has 1 fully saturated rings. The third kappa shape index (κ3) is 9.00. The second kappa shape index (κ2) is 18.7. The van der Waals surface area contributed by atoms with E-state index < -0.39 is 28.7 Å². The lowest BCUT2D eigenvalue weighted by Crippen LogP contribution is -2.51. The number of pyridine rings is 2. The molecule has 4 heterocycles. The number of fused-ring (bicyclic) bond motifs is 4. The number of aromatic nitrogens is 2. The number of esters is 1. The topological polar surface area (TPSA) is 211 Å². The number of likely N-dealkylation sites (N-methyl/N-ethyl adjacent to an activating group) is 1. The Labute approximate surface area is 382 Å². The molecule has 0 saturated carbocycles. The van der Waals surface area contributed by atoms with Crippen LogP contribution in [0.1, 0.15) is 115 Å². The molecule has 8 N–H and O–H groups in total. The molecule has 0 amide bonds. The predicted molar refractivity (Wildman–Crippen MR) is 253 cm³/mol. The number of epoxide rings is 1. The average molecular weight is 884 g/mol. The summed E-state index contributed by atoms with van der Waals surface area (Å²) in [5.41, 5.74) is 14.4. The molecule has 5 aliphatic rings. The summed E-state index contributed by atoms with van der Waals surface area (Å²) in [6, 6.07) is 10.8. The number of nitrogen functional groups attached to an aromatic ring is 1. The van der Waals surface area contributed by atoms with Gasteiger partial charge in [0.1, 0.15) is 11.6 Å². The maximum atomic E-state index is 15.3. The van der Waals surface area contributed by atoms with E-state index in [-0.39, 0.29) is 59.7 Å². The number of rotatable bonds is 16. The van der Waals surface area contributed by atoms with Crippen LogP contribution in [0.5, 0.6) is 0 Å². The lowest BCUT2D eigenvalue weighted by molar-refractivity contribution is -0.150. The van der Waals surface area contributed by atoms with Crippen LogP contribution in [0.2, 0.25) is 0 Å². The van der Waals surface area contributed by atoms with Gasteiger partial charge in [-0.2, -0.15) is 0 Å². The summed E-state index contributed by atoms with van der Waals surface area (Å²) in [6.45, 7) is 9.09. The maximum Gasteiger partial charge on any atom is 0.350 e. The standard InChI is InChI=1S/C51H65N9O5/c1-7-56-39-25-33-12-9-8-11-32(33)24-35(39)29-64-47(63)51-45(62)43-34(27-49(3,4)26-31-15-17-41(52)58-28-31)13-10-14-38(43)44(61)50(51,65-51)21-19-30(2)23-40(59-48(53)55-6)36-20-22-57-46-37(36)16-18-42(54-5)60-46/h9-10,12-15,17,19-20,22,25,28,32,35,39-40,42,54,56H,7-8,11,16,18,21,23-24,26-27,29H2,1-6H3,(H2,52,58)(H,57,60)(H3,53,55,59).